The van der Waals surface area contributed by atoms with E-state index in [4.69, 9.17) is 4.74 Å². The Bertz CT molecular complexity index is 501. The molecule has 0 bridgehead atoms. The van der Waals surface area contributed by atoms with Gasteiger partial charge in [0, 0.05) is 35.9 Å². The molecular formula is C12H13BrN2O4. The maximum absolute atomic E-state index is 12.1. The summed E-state index contributed by atoms with van der Waals surface area (Å²) >= 11 is 3.24. The largest absolute Gasteiger partial charge is 0.381 e. The van der Waals surface area contributed by atoms with Crippen molar-refractivity contribution in [3.05, 3.63) is 38.3 Å². The van der Waals surface area contributed by atoms with Crippen LogP contribution in [0.4, 0.5) is 5.69 Å². The van der Waals surface area contributed by atoms with Crippen molar-refractivity contribution in [2.45, 2.75) is 18.9 Å². The van der Waals surface area contributed by atoms with Crippen molar-refractivity contribution in [2.75, 3.05) is 13.2 Å². The van der Waals surface area contributed by atoms with E-state index in [9.17, 15) is 14.9 Å². The van der Waals surface area contributed by atoms with E-state index < -0.39 is 4.92 Å². The maximum atomic E-state index is 12.1. The lowest BCUT2D eigenvalue weighted by Crippen LogP contribution is -2.39. The first-order valence-electron chi connectivity index (χ1n) is 5.90. The van der Waals surface area contributed by atoms with Gasteiger partial charge in [-0.15, -0.1) is 0 Å². The number of carbonyl (C=O) groups is 1. The Morgan fingerprint density at radius 1 is 1.42 bits per heavy atom. The number of nitro benzene ring substituents is 1. The van der Waals surface area contributed by atoms with E-state index in [-0.39, 0.29) is 23.2 Å². The standard InChI is InChI=1S/C12H13BrN2O4/c13-11-2-1-9(15(17)18)7-10(11)12(16)14-8-3-5-19-6-4-8/h1-2,7-8H,3-6H2,(H,14,16). The van der Waals surface area contributed by atoms with Crippen LogP contribution >= 0.6 is 15.9 Å². The average Bonchev–Trinajstić information content (AvgIpc) is 2.40. The van der Waals surface area contributed by atoms with E-state index in [2.05, 4.69) is 21.2 Å². The molecule has 19 heavy (non-hydrogen) atoms. The minimum Gasteiger partial charge on any atom is -0.381 e. The molecular weight excluding hydrogens is 316 g/mol. The van der Waals surface area contributed by atoms with Crippen LogP contribution in [-0.4, -0.2) is 30.1 Å². The summed E-state index contributed by atoms with van der Waals surface area (Å²) in [5.41, 5.74) is 0.181. The van der Waals surface area contributed by atoms with Crippen LogP contribution in [-0.2, 0) is 4.74 Å². The molecule has 1 aliphatic heterocycles. The molecule has 1 fully saturated rings. The highest BCUT2D eigenvalue weighted by Crippen LogP contribution is 2.23. The molecule has 102 valence electrons. The van der Waals surface area contributed by atoms with Gasteiger partial charge in [0.2, 0.25) is 0 Å². The zero-order chi connectivity index (χ0) is 13.8. The number of hydrogen-bond acceptors (Lipinski definition) is 4. The van der Waals surface area contributed by atoms with Gasteiger partial charge in [-0.2, -0.15) is 0 Å². The number of nitrogens with zero attached hydrogens (tertiary/aromatic N) is 1. The molecule has 7 heteroatoms. The number of halogens is 1. The predicted molar refractivity (Wildman–Crippen MR) is 72.1 cm³/mol. The predicted octanol–water partition coefficient (Wildman–Crippen LogP) is 2.27. The topological polar surface area (TPSA) is 81.5 Å². The molecule has 0 radical (unpaired) electrons. The van der Waals surface area contributed by atoms with Crippen LogP contribution in [0.25, 0.3) is 0 Å². The number of ether oxygens (including phenoxy) is 1. The Labute approximate surface area is 118 Å². The highest BCUT2D eigenvalue weighted by Gasteiger charge is 2.20. The van der Waals surface area contributed by atoms with Crippen molar-refractivity contribution >= 4 is 27.5 Å². The molecule has 0 atom stereocenters. The van der Waals surface area contributed by atoms with Crippen LogP contribution < -0.4 is 5.32 Å². The lowest BCUT2D eigenvalue weighted by molar-refractivity contribution is -0.384. The fraction of sp³-hybridized carbons (Fsp3) is 0.417. The number of amides is 1. The number of non-ortho nitro benzene ring substituents is 1. The molecule has 1 heterocycles. The van der Waals surface area contributed by atoms with Gasteiger partial charge in [-0.05, 0) is 34.8 Å². The van der Waals surface area contributed by atoms with Crippen LogP contribution in [0.1, 0.15) is 23.2 Å². The molecule has 0 aromatic heterocycles. The first-order chi connectivity index (χ1) is 9.08. The highest BCUT2D eigenvalue weighted by molar-refractivity contribution is 9.10. The monoisotopic (exact) mass is 328 g/mol. The number of nitro groups is 1. The molecule has 0 spiro atoms. The second-order valence-electron chi connectivity index (χ2n) is 4.28. The van der Waals surface area contributed by atoms with E-state index in [1.165, 1.54) is 18.2 Å². The van der Waals surface area contributed by atoms with Gasteiger partial charge in [0.1, 0.15) is 0 Å². The Hall–Kier alpha value is -1.47. The molecule has 0 aliphatic carbocycles. The fourth-order valence-corrected chi connectivity index (χ4v) is 2.33. The minimum absolute atomic E-state index is 0.0624. The van der Waals surface area contributed by atoms with Gasteiger partial charge < -0.3 is 10.1 Å². The number of hydrogen-bond donors (Lipinski definition) is 1. The third-order valence-electron chi connectivity index (χ3n) is 2.96. The number of carbonyl (C=O) groups excluding carboxylic acids is 1. The summed E-state index contributed by atoms with van der Waals surface area (Å²) in [4.78, 5) is 22.3. The zero-order valence-corrected chi connectivity index (χ0v) is 11.7. The zero-order valence-electron chi connectivity index (χ0n) is 10.1. The van der Waals surface area contributed by atoms with Gasteiger partial charge in [-0.25, -0.2) is 0 Å². The van der Waals surface area contributed by atoms with Crippen molar-refractivity contribution < 1.29 is 14.5 Å². The summed E-state index contributed by atoms with van der Waals surface area (Å²) in [5.74, 6) is -0.303. The Morgan fingerprint density at radius 2 is 2.11 bits per heavy atom. The maximum Gasteiger partial charge on any atom is 0.270 e. The van der Waals surface area contributed by atoms with Gasteiger partial charge in [0.05, 0.1) is 10.5 Å². The summed E-state index contributed by atoms with van der Waals surface area (Å²) < 4.78 is 5.76. The molecule has 1 N–H and O–H groups in total. The summed E-state index contributed by atoms with van der Waals surface area (Å²) in [7, 11) is 0. The van der Waals surface area contributed by atoms with E-state index >= 15 is 0 Å². The van der Waals surface area contributed by atoms with Crippen molar-refractivity contribution in [3.63, 3.8) is 0 Å². The first kappa shape index (κ1) is 14.0. The molecule has 1 aliphatic rings. The normalized spacial score (nSPS) is 16.1. The third kappa shape index (κ3) is 3.51. The highest BCUT2D eigenvalue weighted by atomic mass is 79.9. The van der Waals surface area contributed by atoms with E-state index in [1.807, 2.05) is 0 Å². The van der Waals surface area contributed by atoms with Crippen molar-refractivity contribution in [1.29, 1.82) is 0 Å². The van der Waals surface area contributed by atoms with E-state index in [0.29, 0.717) is 17.7 Å². The van der Waals surface area contributed by atoms with Gasteiger partial charge in [-0.1, -0.05) is 0 Å². The van der Waals surface area contributed by atoms with Crippen LogP contribution in [0.15, 0.2) is 22.7 Å². The molecule has 1 aromatic carbocycles. The lowest BCUT2D eigenvalue weighted by Gasteiger charge is -2.23. The molecule has 6 nitrogen and oxygen atoms in total. The third-order valence-corrected chi connectivity index (χ3v) is 3.65. The quantitative estimate of drug-likeness (QED) is 0.681. The summed E-state index contributed by atoms with van der Waals surface area (Å²) in [6.07, 6.45) is 1.52. The molecule has 2 rings (SSSR count). The number of rotatable bonds is 3. The number of nitrogens with one attached hydrogen (secondary N) is 1. The second kappa shape index (κ2) is 6.12. The van der Waals surface area contributed by atoms with Crippen LogP contribution in [0.3, 0.4) is 0 Å². The van der Waals surface area contributed by atoms with E-state index in [0.717, 1.165) is 12.8 Å². The van der Waals surface area contributed by atoms with Gasteiger partial charge in [-0.3, -0.25) is 14.9 Å². The summed E-state index contributed by atoms with van der Waals surface area (Å²) in [5, 5.41) is 13.6. The fourth-order valence-electron chi connectivity index (χ4n) is 1.91. The second-order valence-corrected chi connectivity index (χ2v) is 5.14. The summed E-state index contributed by atoms with van der Waals surface area (Å²) in [6, 6.07) is 4.21. The molecule has 0 unspecified atom stereocenters. The van der Waals surface area contributed by atoms with Gasteiger partial charge in [0.25, 0.3) is 11.6 Å². The van der Waals surface area contributed by atoms with Crippen molar-refractivity contribution in [1.82, 2.24) is 5.32 Å². The van der Waals surface area contributed by atoms with Gasteiger partial charge in [0.15, 0.2) is 0 Å². The van der Waals surface area contributed by atoms with Crippen molar-refractivity contribution in [3.8, 4) is 0 Å². The average molecular weight is 329 g/mol. The Kier molecular flexibility index (Phi) is 4.49. The molecule has 0 saturated carbocycles. The van der Waals surface area contributed by atoms with E-state index in [1.54, 1.807) is 0 Å². The molecule has 1 amide bonds. The molecule has 1 aromatic rings. The first-order valence-corrected chi connectivity index (χ1v) is 6.70. The van der Waals surface area contributed by atoms with Crippen LogP contribution in [0, 0.1) is 10.1 Å². The van der Waals surface area contributed by atoms with Crippen LogP contribution in [0.2, 0.25) is 0 Å². The van der Waals surface area contributed by atoms with Crippen molar-refractivity contribution in [2.24, 2.45) is 0 Å². The smallest absolute Gasteiger partial charge is 0.270 e. The Balaban J connectivity index is 2.13. The molecule has 1 saturated heterocycles. The van der Waals surface area contributed by atoms with Crippen LogP contribution in [0.5, 0.6) is 0 Å². The Morgan fingerprint density at radius 3 is 2.74 bits per heavy atom. The minimum atomic E-state index is -0.516. The van der Waals surface area contributed by atoms with Gasteiger partial charge >= 0.3 is 0 Å². The number of benzene rings is 1. The SMILES string of the molecule is O=C(NC1CCOCC1)c1cc([N+](=O)[O-])ccc1Br. The summed E-state index contributed by atoms with van der Waals surface area (Å²) in [6.45, 7) is 1.25. The lowest BCUT2D eigenvalue weighted by atomic mass is 10.1.